The van der Waals surface area contributed by atoms with Gasteiger partial charge in [-0.2, -0.15) is 0 Å². The van der Waals surface area contributed by atoms with Gasteiger partial charge in [-0.3, -0.25) is 5.41 Å². The molecular weight excluding hydrogens is 184 g/mol. The standard InChI is InChI=1S/C13H11N2/c14-13(15)12-9-5-4-8-11(12)10-6-2-1-3-7-10/h2-9H,(H3,14,15). The van der Waals surface area contributed by atoms with Gasteiger partial charge in [0.15, 0.2) is 0 Å². The summed E-state index contributed by atoms with van der Waals surface area (Å²) in [6, 6.07) is 18.2. The van der Waals surface area contributed by atoms with Crippen LogP contribution in [0.3, 0.4) is 0 Å². The molecule has 0 aliphatic carbocycles. The molecule has 3 N–H and O–H groups in total. The van der Waals surface area contributed by atoms with Crippen LogP contribution in [0.1, 0.15) is 5.56 Å². The Morgan fingerprint density at radius 1 is 1.07 bits per heavy atom. The minimum absolute atomic E-state index is 0.0958. The van der Waals surface area contributed by atoms with Crippen LogP contribution in [-0.2, 0) is 0 Å². The van der Waals surface area contributed by atoms with Crippen LogP contribution in [0.25, 0.3) is 11.1 Å². The summed E-state index contributed by atoms with van der Waals surface area (Å²) in [5, 5.41) is 7.50. The Morgan fingerprint density at radius 2 is 1.73 bits per heavy atom. The first-order valence-corrected chi connectivity index (χ1v) is 4.69. The van der Waals surface area contributed by atoms with Crippen LogP contribution in [0.5, 0.6) is 0 Å². The molecule has 2 aromatic carbocycles. The molecule has 0 saturated carbocycles. The van der Waals surface area contributed by atoms with E-state index in [1.165, 1.54) is 0 Å². The Labute approximate surface area is 88.9 Å². The van der Waals surface area contributed by atoms with Crippen molar-refractivity contribution in [3.05, 3.63) is 60.2 Å². The summed E-state index contributed by atoms with van der Waals surface area (Å²) in [6.07, 6.45) is 0. The smallest absolute Gasteiger partial charge is 0.123 e. The van der Waals surface area contributed by atoms with E-state index in [0.29, 0.717) is 0 Å². The van der Waals surface area contributed by atoms with Crippen molar-refractivity contribution < 1.29 is 0 Å². The Hall–Kier alpha value is -2.09. The summed E-state index contributed by atoms with van der Waals surface area (Å²) in [5.41, 5.74) is 8.34. The maximum atomic E-state index is 7.50. The van der Waals surface area contributed by atoms with E-state index in [0.717, 1.165) is 16.7 Å². The second kappa shape index (κ2) is 3.96. The van der Waals surface area contributed by atoms with Crippen LogP contribution in [0, 0.1) is 11.5 Å². The lowest BCUT2D eigenvalue weighted by atomic mass is 9.99. The van der Waals surface area contributed by atoms with Gasteiger partial charge in [-0.25, -0.2) is 0 Å². The van der Waals surface area contributed by atoms with E-state index in [1.807, 2.05) is 48.5 Å². The SMILES string of the molecule is N=C(N)c1ccccc1-c1cc[c]cc1. The fourth-order valence-electron chi connectivity index (χ4n) is 1.54. The lowest BCUT2D eigenvalue weighted by Gasteiger charge is -2.07. The van der Waals surface area contributed by atoms with Crippen LogP contribution < -0.4 is 5.73 Å². The van der Waals surface area contributed by atoms with Gasteiger partial charge in [0.05, 0.1) is 0 Å². The normalized spacial score (nSPS) is 9.87. The Bertz CT molecular complexity index is 475. The van der Waals surface area contributed by atoms with Crippen LogP contribution in [0.2, 0.25) is 0 Å². The van der Waals surface area contributed by atoms with Crippen LogP contribution in [0.15, 0.2) is 48.5 Å². The van der Waals surface area contributed by atoms with Crippen molar-refractivity contribution in [3.63, 3.8) is 0 Å². The summed E-state index contributed by atoms with van der Waals surface area (Å²) in [7, 11) is 0. The minimum atomic E-state index is 0.0958. The van der Waals surface area contributed by atoms with Gasteiger partial charge in [0.1, 0.15) is 5.84 Å². The van der Waals surface area contributed by atoms with Crippen LogP contribution >= 0.6 is 0 Å². The molecule has 0 aliphatic rings. The summed E-state index contributed by atoms with van der Waals surface area (Å²) in [6.45, 7) is 0. The maximum absolute atomic E-state index is 7.50. The molecule has 2 nitrogen and oxygen atoms in total. The highest BCUT2D eigenvalue weighted by atomic mass is 14.7. The largest absolute Gasteiger partial charge is 0.384 e. The second-order valence-corrected chi connectivity index (χ2v) is 3.25. The first kappa shape index (κ1) is 9.46. The zero-order valence-corrected chi connectivity index (χ0v) is 8.20. The third-order valence-corrected chi connectivity index (χ3v) is 2.25. The van der Waals surface area contributed by atoms with Gasteiger partial charge < -0.3 is 5.73 Å². The summed E-state index contributed by atoms with van der Waals surface area (Å²) < 4.78 is 0. The van der Waals surface area contributed by atoms with E-state index in [4.69, 9.17) is 11.1 Å². The predicted molar refractivity (Wildman–Crippen MR) is 61.7 cm³/mol. The number of amidine groups is 1. The summed E-state index contributed by atoms with van der Waals surface area (Å²) >= 11 is 0. The third-order valence-electron chi connectivity index (χ3n) is 2.25. The van der Waals surface area contributed by atoms with E-state index in [1.54, 1.807) is 0 Å². The van der Waals surface area contributed by atoms with Gasteiger partial charge in [0.2, 0.25) is 0 Å². The van der Waals surface area contributed by atoms with Crippen molar-refractivity contribution in [2.45, 2.75) is 0 Å². The van der Waals surface area contributed by atoms with E-state index in [9.17, 15) is 0 Å². The topological polar surface area (TPSA) is 49.9 Å². The Kier molecular flexibility index (Phi) is 2.50. The number of rotatable bonds is 2. The van der Waals surface area contributed by atoms with E-state index in [2.05, 4.69) is 6.07 Å². The average molecular weight is 195 g/mol. The lowest BCUT2D eigenvalue weighted by Crippen LogP contribution is -2.12. The molecule has 0 spiro atoms. The zero-order valence-electron chi connectivity index (χ0n) is 8.20. The molecule has 0 fully saturated rings. The Morgan fingerprint density at radius 3 is 2.40 bits per heavy atom. The number of hydrogen-bond acceptors (Lipinski definition) is 1. The minimum Gasteiger partial charge on any atom is -0.384 e. The molecule has 15 heavy (non-hydrogen) atoms. The highest BCUT2D eigenvalue weighted by Gasteiger charge is 2.05. The lowest BCUT2D eigenvalue weighted by molar-refractivity contribution is 1.42. The number of hydrogen-bond donors (Lipinski definition) is 2. The summed E-state index contributed by atoms with van der Waals surface area (Å²) in [4.78, 5) is 0. The fraction of sp³-hybridized carbons (Fsp3) is 0. The van der Waals surface area contributed by atoms with Crippen molar-refractivity contribution in [2.24, 2.45) is 5.73 Å². The number of nitrogens with two attached hydrogens (primary N) is 1. The maximum Gasteiger partial charge on any atom is 0.123 e. The third kappa shape index (κ3) is 1.89. The van der Waals surface area contributed by atoms with Crippen molar-refractivity contribution >= 4 is 5.84 Å². The van der Waals surface area contributed by atoms with Crippen molar-refractivity contribution in [1.29, 1.82) is 5.41 Å². The fourth-order valence-corrected chi connectivity index (χ4v) is 1.54. The second-order valence-electron chi connectivity index (χ2n) is 3.25. The number of nitrogens with one attached hydrogen (secondary N) is 1. The number of benzene rings is 2. The van der Waals surface area contributed by atoms with Gasteiger partial charge in [-0.05, 0) is 17.2 Å². The molecule has 0 unspecified atom stereocenters. The van der Waals surface area contributed by atoms with Gasteiger partial charge in [0.25, 0.3) is 0 Å². The highest BCUT2D eigenvalue weighted by molar-refractivity contribution is 6.01. The van der Waals surface area contributed by atoms with Crippen molar-refractivity contribution in [2.75, 3.05) is 0 Å². The van der Waals surface area contributed by atoms with Gasteiger partial charge in [-0.1, -0.05) is 48.5 Å². The molecule has 2 aromatic rings. The quantitative estimate of drug-likeness (QED) is 0.561. The molecule has 73 valence electrons. The first-order chi connectivity index (χ1) is 7.29. The van der Waals surface area contributed by atoms with Crippen molar-refractivity contribution in [1.82, 2.24) is 0 Å². The zero-order chi connectivity index (χ0) is 10.7. The van der Waals surface area contributed by atoms with Crippen LogP contribution in [-0.4, -0.2) is 5.84 Å². The summed E-state index contributed by atoms with van der Waals surface area (Å²) in [5.74, 6) is 0.0958. The number of nitrogen functional groups attached to an aromatic ring is 1. The molecule has 0 aliphatic heterocycles. The highest BCUT2D eigenvalue weighted by Crippen LogP contribution is 2.22. The predicted octanol–water partition coefficient (Wildman–Crippen LogP) is 2.44. The molecule has 0 aromatic heterocycles. The molecular formula is C13H11N2. The monoisotopic (exact) mass is 195 g/mol. The Balaban J connectivity index is 2.58. The molecule has 0 bridgehead atoms. The first-order valence-electron chi connectivity index (χ1n) is 4.69. The molecule has 2 rings (SSSR count). The molecule has 1 radical (unpaired) electrons. The van der Waals surface area contributed by atoms with E-state index < -0.39 is 0 Å². The van der Waals surface area contributed by atoms with E-state index in [-0.39, 0.29) is 5.84 Å². The molecule has 0 atom stereocenters. The molecule has 0 heterocycles. The van der Waals surface area contributed by atoms with E-state index >= 15 is 0 Å². The van der Waals surface area contributed by atoms with Crippen LogP contribution in [0.4, 0.5) is 0 Å². The molecule has 0 amide bonds. The van der Waals surface area contributed by atoms with Gasteiger partial charge in [-0.15, -0.1) is 0 Å². The molecule has 2 heteroatoms. The van der Waals surface area contributed by atoms with Crippen molar-refractivity contribution in [3.8, 4) is 11.1 Å². The van der Waals surface area contributed by atoms with Gasteiger partial charge >= 0.3 is 0 Å². The van der Waals surface area contributed by atoms with Gasteiger partial charge in [0, 0.05) is 5.56 Å². The molecule has 0 saturated heterocycles. The average Bonchev–Trinajstić information content (AvgIpc) is 2.30.